The monoisotopic (exact) mass is 500 g/mol. The first-order valence-corrected chi connectivity index (χ1v) is 13.1. The van der Waals surface area contributed by atoms with Crippen LogP contribution in [0.2, 0.25) is 0 Å². The van der Waals surface area contributed by atoms with Crippen molar-refractivity contribution in [2.75, 3.05) is 37.3 Å². The Morgan fingerprint density at radius 2 is 1.94 bits per heavy atom. The van der Waals surface area contributed by atoms with Gasteiger partial charge in [-0.25, -0.2) is 4.98 Å². The smallest absolute Gasteiger partial charge is 0.298 e. The molecule has 0 spiro atoms. The lowest BCUT2D eigenvalue weighted by molar-refractivity contribution is 0.0942. The van der Waals surface area contributed by atoms with Gasteiger partial charge in [-0.1, -0.05) is 24.3 Å². The molecule has 4 aromatic rings. The highest BCUT2D eigenvalue weighted by Gasteiger charge is 2.24. The summed E-state index contributed by atoms with van der Waals surface area (Å²) in [6.07, 6.45) is 2.98. The van der Waals surface area contributed by atoms with Gasteiger partial charge in [0.15, 0.2) is 5.82 Å². The fraction of sp³-hybridized carbons (Fsp3) is 0.296. The molecule has 3 N–H and O–H groups in total. The number of fused-ring (bicyclic) bond motifs is 2. The van der Waals surface area contributed by atoms with Crippen molar-refractivity contribution >= 4 is 44.8 Å². The lowest BCUT2D eigenvalue weighted by atomic mass is 10.00. The SMILES string of the molecule is CN1CC[C@@H](NC(=O)c2cc3c(nc(N)c(=O)n3-c3ccc4c(c3)N(c3ccccc3)CCC4)s2)C1. The van der Waals surface area contributed by atoms with Gasteiger partial charge < -0.3 is 20.9 Å². The number of para-hydroxylation sites is 1. The molecular weight excluding hydrogens is 472 g/mol. The third-order valence-electron chi connectivity index (χ3n) is 7.04. The molecule has 1 saturated heterocycles. The van der Waals surface area contributed by atoms with Gasteiger partial charge in [-0.3, -0.25) is 14.2 Å². The number of likely N-dealkylation sites (N-methyl/N-ethyl adjacent to an activating group) is 1. The van der Waals surface area contributed by atoms with Crippen molar-refractivity contribution in [1.82, 2.24) is 19.8 Å². The molecular formula is C27H28N6O2S. The van der Waals surface area contributed by atoms with E-state index in [4.69, 9.17) is 5.73 Å². The number of likely N-dealkylation sites (tertiary alicyclic amines) is 1. The molecule has 2 aliphatic rings. The first-order chi connectivity index (χ1) is 17.5. The average Bonchev–Trinajstić information content (AvgIpc) is 3.50. The highest BCUT2D eigenvalue weighted by atomic mass is 32.1. The van der Waals surface area contributed by atoms with Crippen molar-refractivity contribution in [1.29, 1.82) is 0 Å². The number of hydrogen-bond acceptors (Lipinski definition) is 7. The number of nitrogens with two attached hydrogens (primary N) is 1. The number of carbonyl (C=O) groups excluding carboxylic acids is 1. The van der Waals surface area contributed by atoms with Crippen LogP contribution in [0.25, 0.3) is 16.0 Å². The predicted molar refractivity (Wildman–Crippen MR) is 145 cm³/mol. The largest absolute Gasteiger partial charge is 0.379 e. The van der Waals surface area contributed by atoms with Gasteiger partial charge in [0.05, 0.1) is 16.1 Å². The molecule has 1 amide bonds. The van der Waals surface area contributed by atoms with Crippen molar-refractivity contribution < 1.29 is 4.79 Å². The molecule has 4 heterocycles. The summed E-state index contributed by atoms with van der Waals surface area (Å²) in [7, 11) is 2.05. The molecule has 2 aromatic heterocycles. The number of aromatic nitrogens is 2. The number of rotatable bonds is 4. The molecule has 1 atom stereocenters. The molecule has 0 bridgehead atoms. The van der Waals surface area contributed by atoms with Crippen LogP contribution in [0.4, 0.5) is 17.2 Å². The topological polar surface area (TPSA) is 96.5 Å². The fourth-order valence-electron chi connectivity index (χ4n) is 5.25. The van der Waals surface area contributed by atoms with Gasteiger partial charge in [-0.15, -0.1) is 11.3 Å². The van der Waals surface area contributed by atoms with Crippen LogP contribution in [0.5, 0.6) is 0 Å². The number of nitrogens with zero attached hydrogens (tertiary/aromatic N) is 4. The van der Waals surface area contributed by atoms with Crippen LogP contribution >= 0.6 is 11.3 Å². The summed E-state index contributed by atoms with van der Waals surface area (Å²) in [6, 6.07) is 18.3. The minimum absolute atomic E-state index is 0.0774. The minimum Gasteiger partial charge on any atom is -0.379 e. The number of carbonyl (C=O) groups is 1. The quantitative estimate of drug-likeness (QED) is 0.445. The van der Waals surface area contributed by atoms with E-state index in [2.05, 4.69) is 45.3 Å². The second-order valence-corrected chi connectivity index (χ2v) is 10.6. The van der Waals surface area contributed by atoms with E-state index in [1.807, 2.05) is 30.3 Å². The second-order valence-electron chi connectivity index (χ2n) is 9.56. The molecule has 8 nitrogen and oxygen atoms in total. The molecule has 0 saturated carbocycles. The normalized spacial score (nSPS) is 17.9. The first kappa shape index (κ1) is 22.8. The predicted octanol–water partition coefficient (Wildman–Crippen LogP) is 3.55. The van der Waals surface area contributed by atoms with E-state index >= 15 is 0 Å². The van der Waals surface area contributed by atoms with Crippen LogP contribution in [0.3, 0.4) is 0 Å². The van der Waals surface area contributed by atoms with E-state index in [1.54, 1.807) is 10.6 Å². The number of nitrogen functional groups attached to an aromatic ring is 1. The van der Waals surface area contributed by atoms with E-state index in [0.29, 0.717) is 20.9 Å². The number of anilines is 3. The van der Waals surface area contributed by atoms with Crippen molar-refractivity contribution in [3.05, 3.63) is 75.4 Å². The summed E-state index contributed by atoms with van der Waals surface area (Å²) in [5.74, 6) is -0.220. The van der Waals surface area contributed by atoms with Gasteiger partial charge in [0.25, 0.3) is 11.5 Å². The van der Waals surface area contributed by atoms with E-state index in [1.165, 1.54) is 16.9 Å². The van der Waals surface area contributed by atoms with Gasteiger partial charge in [0, 0.05) is 30.5 Å². The van der Waals surface area contributed by atoms with Crippen LogP contribution in [-0.4, -0.2) is 53.1 Å². The molecule has 0 aliphatic carbocycles. The Hall–Kier alpha value is -3.69. The fourth-order valence-corrected chi connectivity index (χ4v) is 6.18. The standard InChI is InChI=1S/C27H28N6O2S/c1-31-13-11-18(16-31)29-25(34)23-15-22-26(36-23)30-24(28)27(35)33(22)20-10-9-17-6-5-12-32(21(17)14-20)19-7-3-2-4-8-19/h2-4,7-10,14-15,18H,5-6,11-13,16H2,1H3,(H2,28,30)(H,29,34)/t18-/m1/s1. The number of hydrogen-bond donors (Lipinski definition) is 2. The highest BCUT2D eigenvalue weighted by molar-refractivity contribution is 7.20. The van der Waals surface area contributed by atoms with Crippen LogP contribution < -0.4 is 21.5 Å². The number of thiophene rings is 1. The Labute approximate surface area is 213 Å². The first-order valence-electron chi connectivity index (χ1n) is 12.3. The number of benzene rings is 2. The van der Waals surface area contributed by atoms with E-state index in [0.717, 1.165) is 50.3 Å². The van der Waals surface area contributed by atoms with E-state index < -0.39 is 0 Å². The Bertz CT molecular complexity index is 1510. The summed E-state index contributed by atoms with van der Waals surface area (Å²) in [5, 5.41) is 3.12. The van der Waals surface area contributed by atoms with Crippen molar-refractivity contribution in [3.8, 4) is 5.69 Å². The number of amides is 1. The minimum atomic E-state index is -0.383. The Kier molecular flexibility index (Phi) is 5.73. The Morgan fingerprint density at radius 3 is 2.72 bits per heavy atom. The summed E-state index contributed by atoms with van der Waals surface area (Å²) < 4.78 is 1.59. The summed E-state index contributed by atoms with van der Waals surface area (Å²) in [5.41, 5.74) is 10.4. The molecule has 184 valence electrons. The molecule has 36 heavy (non-hydrogen) atoms. The zero-order valence-electron chi connectivity index (χ0n) is 20.1. The summed E-state index contributed by atoms with van der Waals surface area (Å²) in [6.45, 7) is 2.70. The van der Waals surface area contributed by atoms with Crippen LogP contribution in [0.1, 0.15) is 28.1 Å². The molecule has 1 fully saturated rings. The third-order valence-corrected chi connectivity index (χ3v) is 8.06. The average molecular weight is 501 g/mol. The van der Waals surface area contributed by atoms with Gasteiger partial charge >= 0.3 is 0 Å². The zero-order chi connectivity index (χ0) is 24.8. The lowest BCUT2D eigenvalue weighted by Gasteiger charge is -2.32. The maximum atomic E-state index is 13.3. The zero-order valence-corrected chi connectivity index (χ0v) is 20.9. The molecule has 0 radical (unpaired) electrons. The van der Waals surface area contributed by atoms with Gasteiger partial charge in [0.1, 0.15) is 4.83 Å². The third kappa shape index (κ3) is 4.04. The van der Waals surface area contributed by atoms with Gasteiger partial charge in [-0.05, 0) is 68.8 Å². The molecule has 2 aromatic carbocycles. The van der Waals surface area contributed by atoms with Crippen LogP contribution in [0, 0.1) is 0 Å². The molecule has 6 rings (SSSR count). The number of nitrogens with one attached hydrogen (secondary N) is 1. The molecule has 0 unspecified atom stereocenters. The second kappa shape index (κ2) is 9.07. The van der Waals surface area contributed by atoms with Crippen LogP contribution in [0.15, 0.2) is 59.4 Å². The summed E-state index contributed by atoms with van der Waals surface area (Å²) >= 11 is 1.26. The van der Waals surface area contributed by atoms with E-state index in [-0.39, 0.29) is 23.3 Å². The van der Waals surface area contributed by atoms with Crippen molar-refractivity contribution in [3.63, 3.8) is 0 Å². The van der Waals surface area contributed by atoms with Gasteiger partial charge in [-0.2, -0.15) is 0 Å². The number of aryl methyl sites for hydroxylation is 1. The molecule has 9 heteroatoms. The lowest BCUT2D eigenvalue weighted by Crippen LogP contribution is -2.36. The van der Waals surface area contributed by atoms with Crippen molar-refractivity contribution in [2.45, 2.75) is 25.3 Å². The highest BCUT2D eigenvalue weighted by Crippen LogP contribution is 2.35. The van der Waals surface area contributed by atoms with Gasteiger partial charge in [0.2, 0.25) is 0 Å². The molecule has 2 aliphatic heterocycles. The van der Waals surface area contributed by atoms with E-state index in [9.17, 15) is 9.59 Å². The van der Waals surface area contributed by atoms with Crippen LogP contribution in [-0.2, 0) is 6.42 Å². The maximum Gasteiger partial charge on any atom is 0.298 e. The maximum absolute atomic E-state index is 13.3. The summed E-state index contributed by atoms with van der Waals surface area (Å²) in [4.78, 5) is 36.2. The Balaban J connectivity index is 1.42. The van der Waals surface area contributed by atoms with Crippen molar-refractivity contribution in [2.24, 2.45) is 0 Å². The Morgan fingerprint density at radius 1 is 1.11 bits per heavy atom.